The zero-order valence-electron chi connectivity index (χ0n) is 5.33. The maximum Gasteiger partial charge on any atom is 0.313 e. The number of ether oxygens (including phenoxy) is 1. The van der Waals surface area contributed by atoms with Gasteiger partial charge < -0.3 is 10.1 Å². The SMILES string of the molecule is O=C1CC2NC=CC=C2O1. The lowest BCUT2D eigenvalue weighted by molar-refractivity contribution is -0.135. The molecule has 2 rings (SSSR count). The largest absolute Gasteiger partial charge is 0.429 e. The molecule has 0 aromatic carbocycles. The second kappa shape index (κ2) is 1.87. The molecule has 1 N–H and O–H groups in total. The van der Waals surface area contributed by atoms with Gasteiger partial charge in [-0.25, -0.2) is 0 Å². The van der Waals surface area contributed by atoms with Crippen molar-refractivity contribution in [2.24, 2.45) is 0 Å². The summed E-state index contributed by atoms with van der Waals surface area (Å²) in [6, 6.07) is 0.0949. The van der Waals surface area contributed by atoms with Crippen LogP contribution in [0.4, 0.5) is 0 Å². The highest BCUT2D eigenvalue weighted by Crippen LogP contribution is 2.20. The number of dihydropyridines is 1. The molecule has 52 valence electrons. The van der Waals surface area contributed by atoms with Gasteiger partial charge in [-0.3, -0.25) is 4.79 Å². The Hall–Kier alpha value is -1.25. The van der Waals surface area contributed by atoms with Crippen molar-refractivity contribution in [1.29, 1.82) is 0 Å². The summed E-state index contributed by atoms with van der Waals surface area (Å²) < 4.78 is 4.87. The molecule has 1 saturated heterocycles. The van der Waals surface area contributed by atoms with Crippen LogP contribution in [0.1, 0.15) is 6.42 Å². The number of hydrogen-bond donors (Lipinski definition) is 1. The lowest BCUT2D eigenvalue weighted by atomic mass is 10.2. The molecule has 0 aromatic heterocycles. The maximum atomic E-state index is 10.7. The van der Waals surface area contributed by atoms with Crippen LogP contribution in [0.5, 0.6) is 0 Å². The van der Waals surface area contributed by atoms with Crippen LogP contribution in [-0.4, -0.2) is 12.0 Å². The average molecular weight is 137 g/mol. The number of fused-ring (bicyclic) bond motifs is 1. The fraction of sp³-hybridized carbons (Fsp3) is 0.286. The van der Waals surface area contributed by atoms with Gasteiger partial charge in [-0.2, -0.15) is 0 Å². The number of nitrogens with one attached hydrogen (secondary N) is 1. The Bertz CT molecular complexity index is 230. The third-order valence-electron chi connectivity index (χ3n) is 1.60. The van der Waals surface area contributed by atoms with E-state index in [1.165, 1.54) is 0 Å². The molecule has 0 spiro atoms. The molecule has 0 amide bonds. The van der Waals surface area contributed by atoms with Crippen molar-refractivity contribution in [2.75, 3.05) is 0 Å². The maximum absolute atomic E-state index is 10.7. The van der Waals surface area contributed by atoms with Crippen molar-refractivity contribution in [3.63, 3.8) is 0 Å². The highest BCUT2D eigenvalue weighted by atomic mass is 16.5. The van der Waals surface area contributed by atoms with Crippen LogP contribution in [0, 0.1) is 0 Å². The number of carbonyl (C=O) groups is 1. The summed E-state index contributed by atoms with van der Waals surface area (Å²) in [5.74, 6) is 0.597. The molecular weight excluding hydrogens is 130 g/mol. The van der Waals surface area contributed by atoms with Crippen molar-refractivity contribution in [3.8, 4) is 0 Å². The summed E-state index contributed by atoms with van der Waals surface area (Å²) in [6.07, 6.45) is 5.91. The Labute approximate surface area is 58.4 Å². The number of carbonyl (C=O) groups excluding carboxylic acids is 1. The molecule has 0 saturated carbocycles. The van der Waals surface area contributed by atoms with E-state index in [9.17, 15) is 4.79 Å². The van der Waals surface area contributed by atoms with Crippen molar-refractivity contribution in [3.05, 3.63) is 24.1 Å². The molecule has 0 aliphatic carbocycles. The molecule has 2 aliphatic heterocycles. The fourth-order valence-electron chi connectivity index (χ4n) is 1.12. The first-order chi connectivity index (χ1) is 4.86. The Morgan fingerprint density at radius 3 is 3.40 bits per heavy atom. The Kier molecular flexibility index (Phi) is 1.03. The number of hydrogen-bond acceptors (Lipinski definition) is 3. The van der Waals surface area contributed by atoms with E-state index >= 15 is 0 Å². The van der Waals surface area contributed by atoms with E-state index < -0.39 is 0 Å². The van der Waals surface area contributed by atoms with Crippen molar-refractivity contribution >= 4 is 5.97 Å². The standard InChI is InChI=1S/C7H7NO2/c9-7-4-5-6(10-7)2-1-3-8-5/h1-3,5,8H,4H2. The number of esters is 1. The van der Waals surface area contributed by atoms with Gasteiger partial charge in [0.05, 0.1) is 12.5 Å². The van der Waals surface area contributed by atoms with E-state index in [1.54, 1.807) is 0 Å². The molecule has 0 aromatic rings. The zero-order chi connectivity index (χ0) is 6.97. The first-order valence-corrected chi connectivity index (χ1v) is 3.20. The van der Waals surface area contributed by atoms with Crippen LogP contribution in [0.15, 0.2) is 24.1 Å². The summed E-state index contributed by atoms with van der Waals surface area (Å²) in [5, 5.41) is 3.02. The molecule has 1 atom stereocenters. The van der Waals surface area contributed by atoms with Gasteiger partial charge in [0.1, 0.15) is 5.76 Å². The van der Waals surface area contributed by atoms with Crippen molar-refractivity contribution in [1.82, 2.24) is 5.32 Å². The average Bonchev–Trinajstić information content (AvgIpc) is 2.27. The van der Waals surface area contributed by atoms with E-state index in [0.29, 0.717) is 6.42 Å². The number of allylic oxidation sites excluding steroid dienone is 2. The van der Waals surface area contributed by atoms with Crippen LogP contribution in [0.3, 0.4) is 0 Å². The topological polar surface area (TPSA) is 38.3 Å². The molecule has 1 fully saturated rings. The smallest absolute Gasteiger partial charge is 0.313 e. The van der Waals surface area contributed by atoms with Crippen molar-refractivity contribution in [2.45, 2.75) is 12.5 Å². The number of rotatable bonds is 0. The molecule has 2 aliphatic rings. The molecular formula is C7H7NO2. The van der Waals surface area contributed by atoms with Crippen LogP contribution in [-0.2, 0) is 9.53 Å². The fourth-order valence-corrected chi connectivity index (χ4v) is 1.12. The van der Waals surface area contributed by atoms with Gasteiger partial charge in [-0.1, -0.05) is 0 Å². The molecule has 10 heavy (non-hydrogen) atoms. The molecule has 3 nitrogen and oxygen atoms in total. The highest BCUT2D eigenvalue weighted by molar-refractivity contribution is 5.75. The van der Waals surface area contributed by atoms with E-state index in [1.807, 2.05) is 18.4 Å². The lowest BCUT2D eigenvalue weighted by Gasteiger charge is -2.10. The summed E-state index contributed by atoms with van der Waals surface area (Å²) in [7, 11) is 0. The van der Waals surface area contributed by atoms with Crippen LogP contribution in [0.25, 0.3) is 0 Å². The normalized spacial score (nSPS) is 28.6. The van der Waals surface area contributed by atoms with Crippen LogP contribution in [0.2, 0.25) is 0 Å². The van der Waals surface area contributed by atoms with E-state index in [-0.39, 0.29) is 12.0 Å². The molecule has 3 heteroatoms. The van der Waals surface area contributed by atoms with Gasteiger partial charge in [0.2, 0.25) is 0 Å². The second-order valence-corrected chi connectivity index (χ2v) is 2.33. The van der Waals surface area contributed by atoms with Gasteiger partial charge in [0.25, 0.3) is 0 Å². The third kappa shape index (κ3) is 0.708. The van der Waals surface area contributed by atoms with E-state index in [4.69, 9.17) is 4.74 Å². The monoisotopic (exact) mass is 137 g/mol. The summed E-state index contributed by atoms with van der Waals surface area (Å²) in [4.78, 5) is 10.7. The van der Waals surface area contributed by atoms with E-state index in [0.717, 1.165) is 5.76 Å². The second-order valence-electron chi connectivity index (χ2n) is 2.33. The van der Waals surface area contributed by atoms with Crippen LogP contribution >= 0.6 is 0 Å². The third-order valence-corrected chi connectivity index (χ3v) is 1.60. The summed E-state index contributed by atoms with van der Waals surface area (Å²) in [5.41, 5.74) is 0. The molecule has 2 heterocycles. The molecule has 0 bridgehead atoms. The van der Waals surface area contributed by atoms with Gasteiger partial charge >= 0.3 is 5.97 Å². The zero-order valence-corrected chi connectivity index (χ0v) is 5.33. The van der Waals surface area contributed by atoms with E-state index in [2.05, 4.69) is 5.32 Å². The van der Waals surface area contributed by atoms with Crippen LogP contribution < -0.4 is 5.32 Å². The summed E-state index contributed by atoms with van der Waals surface area (Å²) in [6.45, 7) is 0. The molecule has 1 unspecified atom stereocenters. The minimum Gasteiger partial charge on any atom is -0.429 e. The lowest BCUT2D eigenvalue weighted by Crippen LogP contribution is -2.24. The van der Waals surface area contributed by atoms with Gasteiger partial charge in [0, 0.05) is 0 Å². The van der Waals surface area contributed by atoms with Gasteiger partial charge in [0.15, 0.2) is 0 Å². The molecule has 0 radical (unpaired) electrons. The predicted octanol–water partition coefficient (Wildman–Crippen LogP) is 0.303. The first-order valence-electron chi connectivity index (χ1n) is 3.20. The Balaban J connectivity index is 2.26. The Morgan fingerprint density at radius 2 is 2.60 bits per heavy atom. The first kappa shape index (κ1) is 5.53. The predicted molar refractivity (Wildman–Crippen MR) is 34.9 cm³/mol. The van der Waals surface area contributed by atoms with Gasteiger partial charge in [-0.05, 0) is 18.4 Å². The highest BCUT2D eigenvalue weighted by Gasteiger charge is 2.29. The van der Waals surface area contributed by atoms with Crippen molar-refractivity contribution < 1.29 is 9.53 Å². The summed E-state index contributed by atoms with van der Waals surface area (Å²) >= 11 is 0. The van der Waals surface area contributed by atoms with Gasteiger partial charge in [-0.15, -0.1) is 0 Å². The minimum atomic E-state index is -0.146. The quantitative estimate of drug-likeness (QED) is 0.488. The minimum absolute atomic E-state index is 0.0949. The Morgan fingerprint density at radius 1 is 1.70 bits per heavy atom.